The quantitative estimate of drug-likeness (QED) is 0.422. The Labute approximate surface area is 164 Å². The topological polar surface area (TPSA) is 68.1 Å². The average molecular weight is 409 g/mol. The Bertz CT molecular complexity index is 917. The van der Waals surface area contributed by atoms with Crippen LogP contribution >= 0.6 is 0 Å². The van der Waals surface area contributed by atoms with Gasteiger partial charge in [0.2, 0.25) is 0 Å². The van der Waals surface area contributed by atoms with E-state index in [1.165, 1.54) is 10.1 Å². The molecule has 0 radical (unpaired) electrons. The molecule has 2 fully saturated rings. The molecule has 0 aromatic heterocycles. The lowest BCUT2D eigenvalue weighted by Gasteiger charge is -2.45. The Balaban J connectivity index is 1.70. The molecule has 0 amide bonds. The highest BCUT2D eigenvalue weighted by Crippen LogP contribution is 2.49. The maximum Gasteiger partial charge on any atom is 0.416 e. The third-order valence-electron chi connectivity index (χ3n) is 5.74. The second kappa shape index (κ2) is 6.46. The van der Waals surface area contributed by atoms with Crippen LogP contribution in [0.3, 0.4) is 0 Å². The number of halogens is 3. The molecule has 4 heterocycles. The second-order valence-corrected chi connectivity index (χ2v) is 7.62. The highest BCUT2D eigenvalue weighted by atomic mass is 19.4. The minimum Gasteiger partial charge on any atom is -0.265 e. The van der Waals surface area contributed by atoms with Crippen LogP contribution in [0.5, 0.6) is 0 Å². The molecule has 2 aliphatic carbocycles. The number of hydrogen-bond acceptors (Lipinski definition) is 6. The van der Waals surface area contributed by atoms with Crippen molar-refractivity contribution in [1.82, 2.24) is 0 Å². The number of nitro groups is 1. The number of fused-ring (bicyclic) bond motifs is 4. The number of hydroxylamine groups is 2. The van der Waals surface area contributed by atoms with Gasteiger partial charge in [-0.05, 0) is 31.7 Å². The first kappa shape index (κ1) is 18.4. The lowest BCUT2D eigenvalue weighted by atomic mass is 9.95. The second-order valence-electron chi connectivity index (χ2n) is 7.62. The van der Waals surface area contributed by atoms with Crippen molar-refractivity contribution in [3.05, 3.63) is 52.1 Å². The molecule has 4 atom stereocenters. The van der Waals surface area contributed by atoms with Crippen LogP contribution in [0.25, 0.3) is 0 Å². The van der Waals surface area contributed by atoms with E-state index in [0.29, 0.717) is 18.9 Å². The molecule has 6 aliphatic rings. The van der Waals surface area contributed by atoms with E-state index < -0.39 is 22.4 Å². The van der Waals surface area contributed by atoms with Crippen molar-refractivity contribution in [3.63, 3.8) is 0 Å². The zero-order chi connectivity index (χ0) is 20.3. The van der Waals surface area contributed by atoms with E-state index in [4.69, 9.17) is 9.68 Å². The van der Waals surface area contributed by atoms with Gasteiger partial charge in [0, 0.05) is 6.07 Å². The Morgan fingerprint density at radius 2 is 1.52 bits per heavy atom. The number of nitro benzene ring substituents is 1. The predicted molar refractivity (Wildman–Crippen MR) is 97.1 cm³/mol. The van der Waals surface area contributed by atoms with Gasteiger partial charge in [0.25, 0.3) is 5.69 Å². The maximum atomic E-state index is 13.5. The molecule has 1 aromatic rings. The van der Waals surface area contributed by atoms with E-state index in [9.17, 15) is 23.3 Å². The summed E-state index contributed by atoms with van der Waals surface area (Å²) in [6.07, 6.45) is 5.15. The van der Waals surface area contributed by atoms with Crippen LogP contribution < -0.4 is 10.1 Å². The van der Waals surface area contributed by atoms with E-state index in [2.05, 4.69) is 0 Å². The number of alkyl halides is 3. The molecule has 7 nitrogen and oxygen atoms in total. The third kappa shape index (κ3) is 3.06. The van der Waals surface area contributed by atoms with Crippen molar-refractivity contribution in [2.24, 2.45) is 0 Å². The molecule has 29 heavy (non-hydrogen) atoms. The van der Waals surface area contributed by atoms with Crippen LogP contribution in [0.2, 0.25) is 0 Å². The van der Waals surface area contributed by atoms with E-state index in [1.54, 1.807) is 0 Å². The lowest BCUT2D eigenvalue weighted by molar-refractivity contribution is -0.384. The molecule has 10 heteroatoms. The molecule has 7 rings (SSSR count). The molecular weight excluding hydrogens is 391 g/mol. The molecule has 4 unspecified atom stereocenters. The number of benzene rings is 1. The zero-order valence-corrected chi connectivity index (χ0v) is 15.2. The normalized spacial score (nSPS) is 30.3. The van der Waals surface area contributed by atoms with Crippen molar-refractivity contribution in [2.45, 2.75) is 56.2 Å². The molecule has 0 spiro atoms. The molecular formula is C19H18F3N3O4. The van der Waals surface area contributed by atoms with Gasteiger partial charge in [0.1, 0.15) is 12.2 Å². The van der Waals surface area contributed by atoms with E-state index in [-0.39, 0.29) is 35.7 Å². The number of nitrogens with zero attached hydrogens (tertiary/aromatic N) is 3. The highest BCUT2D eigenvalue weighted by Gasteiger charge is 2.43. The zero-order valence-electron chi connectivity index (χ0n) is 15.2. The Hall–Kier alpha value is -2.59. The van der Waals surface area contributed by atoms with E-state index >= 15 is 0 Å². The first-order valence-corrected chi connectivity index (χ1v) is 9.49. The Morgan fingerprint density at radius 1 is 0.931 bits per heavy atom. The predicted octanol–water partition coefficient (Wildman–Crippen LogP) is 4.29. The van der Waals surface area contributed by atoms with Gasteiger partial charge in [-0.2, -0.15) is 13.2 Å². The van der Waals surface area contributed by atoms with Crippen LogP contribution in [-0.4, -0.2) is 29.2 Å². The van der Waals surface area contributed by atoms with Crippen LogP contribution in [0.15, 0.2) is 36.4 Å². The first-order valence-electron chi connectivity index (χ1n) is 9.49. The van der Waals surface area contributed by atoms with Gasteiger partial charge in [-0.25, -0.2) is 10.1 Å². The minimum atomic E-state index is -4.73. The van der Waals surface area contributed by atoms with E-state index in [1.807, 2.05) is 24.3 Å². The molecule has 0 saturated carbocycles. The molecule has 1 aromatic carbocycles. The fraction of sp³-hybridized carbons (Fsp3) is 0.474. The molecule has 2 saturated heterocycles. The van der Waals surface area contributed by atoms with Gasteiger partial charge in [-0.1, -0.05) is 24.3 Å². The van der Waals surface area contributed by atoms with Gasteiger partial charge in [0.05, 0.1) is 28.3 Å². The maximum absolute atomic E-state index is 13.5. The fourth-order valence-electron chi connectivity index (χ4n) is 4.33. The van der Waals surface area contributed by atoms with Crippen LogP contribution in [-0.2, 0) is 15.9 Å². The number of hydrogen-bond donors (Lipinski definition) is 0. The summed E-state index contributed by atoms with van der Waals surface area (Å²) in [7, 11) is 0. The summed E-state index contributed by atoms with van der Waals surface area (Å²) < 4.78 is 40.6. The summed E-state index contributed by atoms with van der Waals surface area (Å²) in [5.74, 6) is 0. The Morgan fingerprint density at radius 3 is 1.93 bits per heavy atom. The first-order chi connectivity index (χ1) is 13.8. The third-order valence-corrected chi connectivity index (χ3v) is 5.74. The average Bonchev–Trinajstić information content (AvgIpc) is 2.73. The van der Waals surface area contributed by atoms with Crippen LogP contribution in [0.4, 0.5) is 30.2 Å². The van der Waals surface area contributed by atoms with Crippen molar-refractivity contribution in [2.75, 3.05) is 10.1 Å². The number of anilines is 2. The summed E-state index contributed by atoms with van der Waals surface area (Å²) in [6.45, 7) is 0. The lowest BCUT2D eigenvalue weighted by Crippen LogP contribution is -2.49. The van der Waals surface area contributed by atoms with Gasteiger partial charge >= 0.3 is 6.18 Å². The van der Waals surface area contributed by atoms with Crippen LogP contribution in [0.1, 0.15) is 31.2 Å². The summed E-state index contributed by atoms with van der Waals surface area (Å²) in [6, 6.07) is 0.921. The highest BCUT2D eigenvalue weighted by molar-refractivity contribution is 5.81. The van der Waals surface area contributed by atoms with Gasteiger partial charge in [-0.15, -0.1) is 0 Å². The molecule has 4 aliphatic heterocycles. The molecule has 4 bridgehead atoms. The largest absolute Gasteiger partial charge is 0.416 e. The van der Waals surface area contributed by atoms with Crippen LogP contribution in [0, 0.1) is 10.1 Å². The van der Waals surface area contributed by atoms with E-state index in [0.717, 1.165) is 18.9 Å². The summed E-state index contributed by atoms with van der Waals surface area (Å²) in [4.78, 5) is 22.7. The van der Waals surface area contributed by atoms with Gasteiger partial charge < -0.3 is 0 Å². The molecule has 154 valence electrons. The molecule has 0 N–H and O–H groups in total. The smallest absolute Gasteiger partial charge is 0.265 e. The van der Waals surface area contributed by atoms with Gasteiger partial charge in [-0.3, -0.25) is 19.8 Å². The van der Waals surface area contributed by atoms with Crippen molar-refractivity contribution in [3.8, 4) is 0 Å². The number of rotatable bonds is 3. The summed E-state index contributed by atoms with van der Waals surface area (Å²) in [5.41, 5.74) is -1.73. The van der Waals surface area contributed by atoms with Crippen molar-refractivity contribution < 1.29 is 27.8 Å². The fourth-order valence-corrected chi connectivity index (χ4v) is 4.33. The standard InChI is InChI=1S/C19H18F3N3O4/c20-19(21,22)11-9-16(23-12-1-5-14(28-23)6-2-12)18(17(10-11)25(26)27)24-13-3-7-15(29-24)8-4-13/h1,3,5,7,9-10,12-15H,2,4,6,8H2. The SMILES string of the molecule is O=[N+]([O-])c1cc(C(F)(F)F)cc(N2OC3C=CC2CC3)c1N1OC2C=CC1CC2. The van der Waals surface area contributed by atoms with Crippen molar-refractivity contribution >= 4 is 17.1 Å². The monoisotopic (exact) mass is 409 g/mol. The van der Waals surface area contributed by atoms with Gasteiger partial charge in [0.15, 0.2) is 5.69 Å². The minimum absolute atomic E-state index is 0.00278. The Kier molecular flexibility index (Phi) is 4.11. The summed E-state index contributed by atoms with van der Waals surface area (Å²) in [5, 5.41) is 14.6. The summed E-state index contributed by atoms with van der Waals surface area (Å²) >= 11 is 0. The van der Waals surface area contributed by atoms with Crippen molar-refractivity contribution in [1.29, 1.82) is 0 Å².